The SMILES string of the molecule is C[C@H](NCC(=O)Nc1ccc(OC(F)(F)F)cc1)c1ccccc1. The summed E-state index contributed by atoms with van der Waals surface area (Å²) >= 11 is 0. The lowest BCUT2D eigenvalue weighted by atomic mass is 10.1. The first-order valence-corrected chi connectivity index (χ1v) is 7.27. The molecule has 24 heavy (non-hydrogen) atoms. The van der Waals surface area contributed by atoms with Crippen LogP contribution in [0.4, 0.5) is 18.9 Å². The molecule has 0 aliphatic carbocycles. The Labute approximate surface area is 137 Å². The van der Waals surface area contributed by atoms with Crippen LogP contribution in [0.15, 0.2) is 54.6 Å². The van der Waals surface area contributed by atoms with E-state index in [1.54, 1.807) is 0 Å². The number of benzene rings is 2. The second kappa shape index (κ2) is 7.83. The van der Waals surface area contributed by atoms with Gasteiger partial charge in [-0.3, -0.25) is 4.79 Å². The van der Waals surface area contributed by atoms with Gasteiger partial charge in [0, 0.05) is 11.7 Å². The molecule has 128 valence electrons. The summed E-state index contributed by atoms with van der Waals surface area (Å²) in [6.45, 7) is 2.02. The number of hydrogen-bond acceptors (Lipinski definition) is 3. The highest BCUT2D eigenvalue weighted by Crippen LogP contribution is 2.23. The molecule has 0 aliphatic rings. The molecule has 2 rings (SSSR count). The van der Waals surface area contributed by atoms with Crippen LogP contribution in [-0.4, -0.2) is 18.8 Å². The second-order valence-electron chi connectivity index (χ2n) is 5.13. The van der Waals surface area contributed by atoms with Crippen LogP contribution in [0.5, 0.6) is 5.75 Å². The van der Waals surface area contributed by atoms with E-state index in [1.807, 2.05) is 37.3 Å². The monoisotopic (exact) mass is 338 g/mol. The predicted molar refractivity (Wildman–Crippen MR) is 84.6 cm³/mol. The van der Waals surface area contributed by atoms with Gasteiger partial charge in [0.15, 0.2) is 0 Å². The van der Waals surface area contributed by atoms with Gasteiger partial charge in [-0.2, -0.15) is 0 Å². The summed E-state index contributed by atoms with van der Waals surface area (Å²) in [5.74, 6) is -0.626. The van der Waals surface area contributed by atoms with E-state index < -0.39 is 6.36 Å². The van der Waals surface area contributed by atoms with Crippen molar-refractivity contribution in [3.63, 3.8) is 0 Å². The zero-order valence-electron chi connectivity index (χ0n) is 12.9. The molecule has 1 amide bonds. The topological polar surface area (TPSA) is 50.4 Å². The zero-order chi connectivity index (χ0) is 17.6. The maximum Gasteiger partial charge on any atom is 0.573 e. The Morgan fingerprint density at radius 1 is 1.08 bits per heavy atom. The first-order valence-electron chi connectivity index (χ1n) is 7.27. The lowest BCUT2D eigenvalue weighted by Crippen LogP contribution is -2.30. The second-order valence-corrected chi connectivity index (χ2v) is 5.13. The minimum Gasteiger partial charge on any atom is -0.406 e. The third-order valence-corrected chi connectivity index (χ3v) is 3.24. The van der Waals surface area contributed by atoms with Crippen molar-refractivity contribution in [2.75, 3.05) is 11.9 Å². The molecule has 0 saturated heterocycles. The molecule has 0 aromatic heterocycles. The summed E-state index contributed by atoms with van der Waals surface area (Å²) in [6.07, 6.45) is -4.73. The Hall–Kier alpha value is -2.54. The Bertz CT molecular complexity index is 658. The van der Waals surface area contributed by atoms with E-state index in [0.29, 0.717) is 5.69 Å². The van der Waals surface area contributed by atoms with Gasteiger partial charge in [-0.05, 0) is 36.8 Å². The van der Waals surface area contributed by atoms with Crippen molar-refractivity contribution in [2.45, 2.75) is 19.3 Å². The van der Waals surface area contributed by atoms with E-state index in [4.69, 9.17) is 0 Å². The smallest absolute Gasteiger partial charge is 0.406 e. The molecule has 1 atom stereocenters. The minimum absolute atomic E-state index is 0.000452. The first kappa shape index (κ1) is 17.8. The fourth-order valence-electron chi connectivity index (χ4n) is 2.05. The van der Waals surface area contributed by atoms with Crippen molar-refractivity contribution < 1.29 is 22.7 Å². The zero-order valence-corrected chi connectivity index (χ0v) is 12.9. The molecule has 2 aromatic rings. The number of anilines is 1. The van der Waals surface area contributed by atoms with Gasteiger partial charge in [0.25, 0.3) is 0 Å². The van der Waals surface area contributed by atoms with Gasteiger partial charge in [0.2, 0.25) is 5.91 Å². The number of rotatable bonds is 6. The number of ether oxygens (including phenoxy) is 1. The minimum atomic E-state index is -4.73. The number of carbonyl (C=O) groups is 1. The van der Waals surface area contributed by atoms with E-state index in [1.165, 1.54) is 12.1 Å². The number of hydrogen-bond donors (Lipinski definition) is 2. The summed E-state index contributed by atoms with van der Waals surface area (Å²) < 4.78 is 40.0. The maximum atomic E-state index is 12.1. The summed E-state index contributed by atoms with van der Waals surface area (Å²) in [5, 5.41) is 5.68. The van der Waals surface area contributed by atoms with Crippen LogP contribution in [-0.2, 0) is 4.79 Å². The fraction of sp³-hybridized carbons (Fsp3) is 0.235. The molecule has 0 fully saturated rings. The molecule has 0 aliphatic heterocycles. The highest BCUT2D eigenvalue weighted by atomic mass is 19.4. The molecule has 4 nitrogen and oxygen atoms in total. The van der Waals surface area contributed by atoms with Gasteiger partial charge in [-0.25, -0.2) is 0 Å². The van der Waals surface area contributed by atoms with Crippen molar-refractivity contribution in [2.24, 2.45) is 0 Å². The molecule has 0 heterocycles. The third kappa shape index (κ3) is 5.92. The highest BCUT2D eigenvalue weighted by Gasteiger charge is 2.30. The van der Waals surface area contributed by atoms with Crippen molar-refractivity contribution in [3.8, 4) is 5.75 Å². The molecule has 0 bridgehead atoms. The fourth-order valence-corrected chi connectivity index (χ4v) is 2.05. The Morgan fingerprint density at radius 2 is 1.71 bits per heavy atom. The van der Waals surface area contributed by atoms with Crippen LogP contribution in [0, 0.1) is 0 Å². The largest absolute Gasteiger partial charge is 0.573 e. The number of carbonyl (C=O) groups excluding carboxylic acids is 1. The number of amides is 1. The summed E-state index contributed by atoms with van der Waals surface area (Å²) in [6, 6.07) is 14.6. The van der Waals surface area contributed by atoms with Crippen LogP contribution in [0.1, 0.15) is 18.5 Å². The van der Waals surface area contributed by atoms with E-state index in [0.717, 1.165) is 17.7 Å². The Morgan fingerprint density at radius 3 is 2.29 bits per heavy atom. The molecule has 0 saturated carbocycles. The number of nitrogens with one attached hydrogen (secondary N) is 2. The molecule has 0 unspecified atom stereocenters. The van der Waals surface area contributed by atoms with Gasteiger partial charge in [-0.1, -0.05) is 30.3 Å². The van der Waals surface area contributed by atoms with Gasteiger partial charge in [0.05, 0.1) is 6.54 Å². The number of alkyl halides is 3. The van der Waals surface area contributed by atoms with E-state index in [-0.39, 0.29) is 24.2 Å². The quantitative estimate of drug-likeness (QED) is 0.840. The summed E-state index contributed by atoms with van der Waals surface area (Å²) in [5.41, 5.74) is 1.45. The molecule has 2 N–H and O–H groups in total. The Balaban J connectivity index is 1.82. The van der Waals surface area contributed by atoms with E-state index in [9.17, 15) is 18.0 Å². The summed E-state index contributed by atoms with van der Waals surface area (Å²) in [4.78, 5) is 11.9. The van der Waals surface area contributed by atoms with Crippen LogP contribution in [0.2, 0.25) is 0 Å². The molecule has 0 radical (unpaired) electrons. The molecular formula is C17H17F3N2O2. The Kier molecular flexibility index (Phi) is 5.81. The van der Waals surface area contributed by atoms with Crippen molar-refractivity contribution in [1.82, 2.24) is 5.32 Å². The molecule has 0 spiro atoms. The number of halogens is 3. The van der Waals surface area contributed by atoms with Gasteiger partial charge < -0.3 is 15.4 Å². The molecule has 2 aromatic carbocycles. The van der Waals surface area contributed by atoms with Crippen molar-refractivity contribution in [3.05, 3.63) is 60.2 Å². The van der Waals surface area contributed by atoms with Gasteiger partial charge in [-0.15, -0.1) is 13.2 Å². The van der Waals surface area contributed by atoms with Crippen molar-refractivity contribution >= 4 is 11.6 Å². The average Bonchev–Trinajstić information content (AvgIpc) is 2.54. The van der Waals surface area contributed by atoms with E-state index in [2.05, 4.69) is 15.4 Å². The average molecular weight is 338 g/mol. The van der Waals surface area contributed by atoms with Crippen LogP contribution in [0.25, 0.3) is 0 Å². The molecule has 7 heteroatoms. The molecular weight excluding hydrogens is 321 g/mol. The van der Waals surface area contributed by atoms with Crippen LogP contribution in [0.3, 0.4) is 0 Å². The van der Waals surface area contributed by atoms with Gasteiger partial charge in [0.1, 0.15) is 5.75 Å². The summed E-state index contributed by atoms with van der Waals surface area (Å²) in [7, 11) is 0. The lowest BCUT2D eigenvalue weighted by Gasteiger charge is -2.14. The highest BCUT2D eigenvalue weighted by molar-refractivity contribution is 5.92. The van der Waals surface area contributed by atoms with E-state index >= 15 is 0 Å². The normalized spacial score (nSPS) is 12.5. The lowest BCUT2D eigenvalue weighted by molar-refractivity contribution is -0.274. The predicted octanol–water partition coefficient (Wildman–Crippen LogP) is 3.87. The van der Waals surface area contributed by atoms with Crippen molar-refractivity contribution in [1.29, 1.82) is 0 Å². The van der Waals surface area contributed by atoms with Crippen LogP contribution < -0.4 is 15.4 Å². The maximum absolute atomic E-state index is 12.1. The van der Waals surface area contributed by atoms with Gasteiger partial charge >= 0.3 is 6.36 Å². The third-order valence-electron chi connectivity index (χ3n) is 3.24. The first-order chi connectivity index (χ1) is 11.3. The standard InChI is InChI=1S/C17H17F3N2O2/c1-12(13-5-3-2-4-6-13)21-11-16(23)22-14-7-9-15(10-8-14)24-17(18,19)20/h2-10,12,21H,11H2,1H3,(H,22,23)/t12-/m0/s1. The van der Waals surface area contributed by atoms with Crippen LogP contribution >= 0.6 is 0 Å².